The predicted molar refractivity (Wildman–Crippen MR) is 179 cm³/mol. The van der Waals surface area contributed by atoms with Crippen molar-refractivity contribution in [1.82, 2.24) is 4.90 Å². The number of amides is 1. The number of nitrogens with zero attached hydrogens (tertiary/aromatic N) is 1. The fourth-order valence-corrected chi connectivity index (χ4v) is 4.47. The molecule has 0 fully saturated rings. The summed E-state index contributed by atoms with van der Waals surface area (Å²) in [4.78, 5) is 39.5. The van der Waals surface area contributed by atoms with E-state index in [1.165, 1.54) is 0 Å². The Labute approximate surface area is 288 Å². The Balaban J connectivity index is 1.32. The number of esters is 2. The molecule has 0 aromatic heterocycles. The number of phenols is 4. The van der Waals surface area contributed by atoms with Gasteiger partial charge < -0.3 is 49.0 Å². The Morgan fingerprint density at radius 2 is 0.960 bits per heavy atom. The normalized spacial score (nSPS) is 10.9. The summed E-state index contributed by atoms with van der Waals surface area (Å²) >= 11 is 0. The van der Waals surface area contributed by atoms with Gasteiger partial charge in [0.25, 0.3) is 0 Å². The van der Waals surface area contributed by atoms with Gasteiger partial charge in [0.05, 0.1) is 24.2 Å². The standard InChI is InChI=1S/C37H39NO12/c1-37(2,3)50-36(45)38(14-16-46-34(43)26-18-28(39)32(29(40)19-26)48-22-24-10-6-4-7-11-24)15-17-47-35(44)27-20-30(41)33(31(42)21-27)49-23-25-12-8-5-9-13-25/h4-13,18-21,39-42H,14-17,22-23H2,1-3H3. The summed E-state index contributed by atoms with van der Waals surface area (Å²) in [5, 5.41) is 41.6. The van der Waals surface area contributed by atoms with Crippen molar-refractivity contribution >= 4 is 18.0 Å². The molecular formula is C37H39NO12. The summed E-state index contributed by atoms with van der Waals surface area (Å²) in [6.45, 7) is 4.20. The van der Waals surface area contributed by atoms with Gasteiger partial charge in [-0.1, -0.05) is 60.7 Å². The fraction of sp³-hybridized carbons (Fsp3) is 0.270. The number of benzene rings is 4. The molecule has 0 heterocycles. The van der Waals surface area contributed by atoms with Crippen LogP contribution < -0.4 is 9.47 Å². The zero-order valence-electron chi connectivity index (χ0n) is 27.8. The molecule has 264 valence electrons. The van der Waals surface area contributed by atoms with Crippen LogP contribution >= 0.6 is 0 Å². The molecule has 13 heteroatoms. The van der Waals surface area contributed by atoms with Gasteiger partial charge in [0.15, 0.2) is 23.0 Å². The second-order valence-electron chi connectivity index (χ2n) is 12.0. The quantitative estimate of drug-likeness (QED) is 0.0908. The average Bonchev–Trinajstić information content (AvgIpc) is 3.06. The minimum atomic E-state index is -0.892. The number of aromatic hydroxyl groups is 4. The minimum absolute atomic E-state index is 0.0724. The van der Waals surface area contributed by atoms with Gasteiger partial charge in [0.2, 0.25) is 11.5 Å². The van der Waals surface area contributed by atoms with Gasteiger partial charge >= 0.3 is 18.0 Å². The van der Waals surface area contributed by atoms with Crippen LogP contribution in [-0.2, 0) is 27.4 Å². The van der Waals surface area contributed by atoms with Gasteiger partial charge in [-0.2, -0.15) is 0 Å². The van der Waals surface area contributed by atoms with E-state index in [2.05, 4.69) is 0 Å². The predicted octanol–water partition coefficient (Wildman–Crippen LogP) is 5.92. The summed E-state index contributed by atoms with van der Waals surface area (Å²) in [5.41, 5.74) is 0.426. The lowest BCUT2D eigenvalue weighted by molar-refractivity contribution is 0.00993. The van der Waals surface area contributed by atoms with Crippen molar-refractivity contribution in [2.75, 3.05) is 26.3 Å². The van der Waals surface area contributed by atoms with E-state index >= 15 is 0 Å². The molecular weight excluding hydrogens is 650 g/mol. The zero-order valence-corrected chi connectivity index (χ0v) is 27.8. The van der Waals surface area contributed by atoms with Crippen LogP contribution in [0, 0.1) is 0 Å². The smallest absolute Gasteiger partial charge is 0.410 e. The molecule has 1 amide bonds. The molecule has 13 nitrogen and oxygen atoms in total. The summed E-state index contributed by atoms with van der Waals surface area (Å²) in [5.74, 6) is -4.07. The molecule has 0 atom stereocenters. The first-order valence-electron chi connectivity index (χ1n) is 15.6. The summed E-state index contributed by atoms with van der Waals surface area (Å²) < 4.78 is 27.0. The van der Waals surface area contributed by atoms with E-state index in [9.17, 15) is 34.8 Å². The van der Waals surface area contributed by atoms with Gasteiger partial charge in [-0.25, -0.2) is 14.4 Å². The first kappa shape index (κ1) is 36.7. The highest BCUT2D eigenvalue weighted by atomic mass is 16.6. The van der Waals surface area contributed by atoms with Crippen molar-refractivity contribution < 1.29 is 58.5 Å². The number of rotatable bonds is 14. The van der Waals surface area contributed by atoms with Crippen LogP contribution in [0.15, 0.2) is 84.9 Å². The van der Waals surface area contributed by atoms with Crippen molar-refractivity contribution in [2.45, 2.75) is 39.6 Å². The number of phenolic OH excluding ortho intramolecular Hbond substituents is 4. The molecule has 0 aliphatic rings. The lowest BCUT2D eigenvalue weighted by atomic mass is 10.2. The van der Waals surface area contributed by atoms with Crippen LogP contribution in [0.3, 0.4) is 0 Å². The van der Waals surface area contributed by atoms with E-state index in [-0.39, 0.29) is 62.1 Å². The number of hydrogen-bond donors (Lipinski definition) is 4. The number of carbonyl (C=O) groups excluding carboxylic acids is 3. The summed E-state index contributed by atoms with van der Waals surface area (Å²) in [6.07, 6.45) is -0.769. The molecule has 0 aliphatic heterocycles. The maximum absolute atomic E-state index is 12.9. The number of hydrogen-bond acceptors (Lipinski definition) is 12. The van der Waals surface area contributed by atoms with Gasteiger partial charge in [0, 0.05) is 0 Å². The van der Waals surface area contributed by atoms with E-state index in [1.54, 1.807) is 20.8 Å². The SMILES string of the molecule is CC(C)(C)OC(=O)N(CCOC(=O)c1cc(O)c(OCc2ccccc2)c(O)c1)CCOC(=O)c1cc(O)c(OCc2ccccc2)c(O)c1. The number of ether oxygens (including phenoxy) is 5. The van der Waals surface area contributed by atoms with Crippen LogP contribution in [0.25, 0.3) is 0 Å². The summed E-state index contributed by atoms with van der Waals surface area (Å²) in [7, 11) is 0. The molecule has 4 rings (SSSR count). The number of carbonyl (C=O) groups is 3. The van der Waals surface area contributed by atoms with Gasteiger partial charge in [-0.15, -0.1) is 0 Å². The lowest BCUT2D eigenvalue weighted by Crippen LogP contribution is -2.41. The Kier molecular flexibility index (Phi) is 12.4. The summed E-state index contributed by atoms with van der Waals surface area (Å²) in [6, 6.07) is 22.5. The Morgan fingerprint density at radius 1 is 0.600 bits per heavy atom. The first-order valence-corrected chi connectivity index (χ1v) is 15.6. The van der Waals surface area contributed by atoms with E-state index in [4.69, 9.17) is 23.7 Å². The largest absolute Gasteiger partial charge is 0.504 e. The van der Waals surface area contributed by atoms with E-state index in [0.717, 1.165) is 40.3 Å². The molecule has 0 bridgehead atoms. The molecule has 4 N–H and O–H groups in total. The van der Waals surface area contributed by atoms with Crippen molar-refractivity contribution in [3.8, 4) is 34.5 Å². The van der Waals surface area contributed by atoms with Crippen molar-refractivity contribution in [1.29, 1.82) is 0 Å². The molecule has 4 aromatic carbocycles. The Morgan fingerprint density at radius 3 is 1.30 bits per heavy atom. The van der Waals surface area contributed by atoms with Crippen LogP contribution in [0.2, 0.25) is 0 Å². The molecule has 0 saturated heterocycles. The highest BCUT2D eigenvalue weighted by molar-refractivity contribution is 5.91. The minimum Gasteiger partial charge on any atom is -0.504 e. The fourth-order valence-electron chi connectivity index (χ4n) is 4.47. The van der Waals surface area contributed by atoms with Crippen LogP contribution in [0.4, 0.5) is 4.79 Å². The van der Waals surface area contributed by atoms with Gasteiger partial charge in [-0.3, -0.25) is 0 Å². The van der Waals surface area contributed by atoms with Crippen molar-refractivity contribution in [2.24, 2.45) is 0 Å². The molecule has 0 aliphatic carbocycles. The molecule has 0 unspecified atom stereocenters. The second-order valence-corrected chi connectivity index (χ2v) is 12.0. The van der Waals surface area contributed by atoms with E-state index in [0.29, 0.717) is 0 Å². The Bertz CT molecular complexity index is 1610. The van der Waals surface area contributed by atoms with Crippen LogP contribution in [0.5, 0.6) is 34.5 Å². The highest BCUT2D eigenvalue weighted by Gasteiger charge is 2.24. The maximum atomic E-state index is 12.9. The molecule has 0 radical (unpaired) electrons. The van der Waals surface area contributed by atoms with E-state index in [1.807, 2.05) is 60.7 Å². The molecule has 0 spiro atoms. The second kappa shape index (κ2) is 16.8. The van der Waals surface area contributed by atoms with Crippen LogP contribution in [-0.4, -0.2) is 75.3 Å². The molecule has 0 saturated carbocycles. The van der Waals surface area contributed by atoms with Crippen molar-refractivity contribution in [3.63, 3.8) is 0 Å². The maximum Gasteiger partial charge on any atom is 0.410 e. The third-order valence-corrected chi connectivity index (χ3v) is 6.86. The topological polar surface area (TPSA) is 182 Å². The molecule has 4 aromatic rings. The van der Waals surface area contributed by atoms with Crippen LogP contribution in [0.1, 0.15) is 52.6 Å². The highest BCUT2D eigenvalue weighted by Crippen LogP contribution is 2.39. The Hall–Kier alpha value is -6.11. The first-order chi connectivity index (χ1) is 23.8. The third kappa shape index (κ3) is 10.7. The van der Waals surface area contributed by atoms with Gasteiger partial charge in [0.1, 0.15) is 32.0 Å². The third-order valence-electron chi connectivity index (χ3n) is 6.86. The monoisotopic (exact) mass is 689 g/mol. The zero-order chi connectivity index (χ0) is 36.3. The van der Waals surface area contributed by atoms with Gasteiger partial charge in [-0.05, 0) is 56.2 Å². The lowest BCUT2D eigenvalue weighted by Gasteiger charge is -2.27. The molecule has 50 heavy (non-hydrogen) atoms. The van der Waals surface area contributed by atoms with Crippen molar-refractivity contribution in [3.05, 3.63) is 107 Å². The average molecular weight is 690 g/mol. The van der Waals surface area contributed by atoms with E-state index < -0.39 is 46.6 Å².